The molecule has 0 atom stereocenters. The molecule has 0 aliphatic rings. The first kappa shape index (κ1) is 6.85. The van der Waals surface area contributed by atoms with Gasteiger partial charge in [-0.15, -0.1) is 6.58 Å². The second-order valence-electron chi connectivity index (χ2n) is 1.07. The Morgan fingerprint density at radius 3 is 2.71 bits per heavy atom. The molecule has 0 aromatic heterocycles. The fourth-order valence-corrected chi connectivity index (χ4v) is 0.486. The third kappa shape index (κ3) is 3.68. The van der Waals surface area contributed by atoms with Gasteiger partial charge in [-0.25, -0.2) is 0 Å². The molecule has 0 rings (SSSR count). The van der Waals surface area contributed by atoms with E-state index in [-0.39, 0.29) is 0 Å². The Morgan fingerprint density at radius 2 is 2.57 bits per heavy atom. The maximum Gasteiger partial charge on any atom is 0.204 e. The van der Waals surface area contributed by atoms with Crippen LogP contribution in [-0.4, -0.2) is 15.5 Å². The number of hydrogen-bond donors (Lipinski definition) is 0. The number of thiocarbonyl (C=S) groups is 1. The molecule has 0 saturated heterocycles. The average molecular weight is 132 g/mol. The van der Waals surface area contributed by atoms with Crippen LogP contribution in [0.3, 0.4) is 0 Å². The van der Waals surface area contributed by atoms with E-state index < -0.39 is 0 Å². The molecule has 0 amide bonds. The largest absolute Gasteiger partial charge is 0.548 e. The van der Waals surface area contributed by atoms with E-state index in [1.807, 2.05) is 0 Å². The highest BCUT2D eigenvalue weighted by atomic mass is 32.1. The van der Waals surface area contributed by atoms with Crippen molar-refractivity contribution in [2.75, 3.05) is 0 Å². The van der Waals surface area contributed by atoms with Gasteiger partial charge in [-0.3, -0.25) is 0 Å². The zero-order valence-electron chi connectivity index (χ0n) is 4.31. The summed E-state index contributed by atoms with van der Waals surface area (Å²) in [6.45, 7) is 3.50. The maximum absolute atomic E-state index is 4.79. The molecule has 3 heteroatoms. The van der Waals surface area contributed by atoms with Crippen molar-refractivity contribution in [2.45, 2.75) is 6.42 Å². The van der Waals surface area contributed by atoms with Crippen LogP contribution in [-0.2, 0) is 4.43 Å². The lowest BCUT2D eigenvalue weighted by atomic mass is 10.5. The lowest BCUT2D eigenvalue weighted by Crippen LogP contribution is -1.94. The molecule has 1 nitrogen and oxygen atoms in total. The highest BCUT2D eigenvalue weighted by Crippen LogP contribution is 1.85. The van der Waals surface area contributed by atoms with Gasteiger partial charge in [-0.05, 0) is 12.2 Å². The molecule has 0 bridgehead atoms. The fourth-order valence-electron chi connectivity index (χ4n) is 0.201. The monoisotopic (exact) mass is 132 g/mol. The summed E-state index contributed by atoms with van der Waals surface area (Å²) in [6.07, 6.45) is 2.44. The lowest BCUT2D eigenvalue weighted by Gasteiger charge is -1.94. The van der Waals surface area contributed by atoms with Crippen LogP contribution >= 0.6 is 12.2 Å². The summed E-state index contributed by atoms with van der Waals surface area (Å²) in [5.74, 6) is 0. The first-order valence-electron chi connectivity index (χ1n) is 1.99. The van der Waals surface area contributed by atoms with Gasteiger partial charge in [-0.1, -0.05) is 6.08 Å². The van der Waals surface area contributed by atoms with Crippen molar-refractivity contribution in [1.29, 1.82) is 0 Å². The van der Waals surface area contributed by atoms with Gasteiger partial charge in [0, 0.05) is 6.42 Å². The summed E-state index contributed by atoms with van der Waals surface area (Å²) in [5, 5.41) is 0.654. The van der Waals surface area contributed by atoms with E-state index in [4.69, 9.17) is 16.6 Å². The lowest BCUT2D eigenvalue weighted by molar-refractivity contribution is 0.617. The second kappa shape index (κ2) is 4.02. The summed E-state index contributed by atoms with van der Waals surface area (Å²) < 4.78 is 4.79. The van der Waals surface area contributed by atoms with Gasteiger partial charge in [0.05, 0.1) is 0 Å². The molecule has 40 valence electrons. The van der Waals surface area contributed by atoms with Crippen LogP contribution in [0.5, 0.6) is 0 Å². The van der Waals surface area contributed by atoms with Gasteiger partial charge >= 0.3 is 0 Å². The molecule has 0 aromatic rings. The first-order chi connectivity index (χ1) is 3.31. The minimum Gasteiger partial charge on any atom is -0.548 e. The molecule has 0 saturated carbocycles. The van der Waals surface area contributed by atoms with Crippen molar-refractivity contribution < 1.29 is 4.43 Å². The van der Waals surface area contributed by atoms with Crippen LogP contribution in [0.4, 0.5) is 0 Å². The second-order valence-corrected chi connectivity index (χ2v) is 1.93. The highest BCUT2D eigenvalue weighted by Gasteiger charge is 1.83. The van der Waals surface area contributed by atoms with Crippen molar-refractivity contribution in [1.82, 2.24) is 0 Å². The number of rotatable bonds is 2. The van der Waals surface area contributed by atoms with E-state index >= 15 is 0 Å². The normalized spacial score (nSPS) is 8.00. The molecular formula is C4H8OSSi. The molecule has 0 aliphatic carbocycles. The Labute approximate surface area is 51.9 Å². The van der Waals surface area contributed by atoms with Crippen molar-refractivity contribution in [3.05, 3.63) is 12.7 Å². The summed E-state index contributed by atoms with van der Waals surface area (Å²) >= 11 is 4.70. The van der Waals surface area contributed by atoms with E-state index in [1.54, 1.807) is 6.08 Å². The van der Waals surface area contributed by atoms with Crippen LogP contribution in [0.25, 0.3) is 0 Å². The molecule has 0 spiro atoms. The molecule has 0 radical (unpaired) electrons. The smallest absolute Gasteiger partial charge is 0.204 e. The van der Waals surface area contributed by atoms with E-state index in [9.17, 15) is 0 Å². The molecule has 0 aliphatic heterocycles. The summed E-state index contributed by atoms with van der Waals surface area (Å²) in [4.78, 5) is 0. The maximum atomic E-state index is 4.79. The predicted octanol–water partition coefficient (Wildman–Crippen LogP) is 0.187. The number of hydrogen-bond acceptors (Lipinski definition) is 2. The van der Waals surface area contributed by atoms with Crippen molar-refractivity contribution in [3.8, 4) is 0 Å². The summed E-state index contributed by atoms with van der Waals surface area (Å²) in [7, 11) is 0.698. The predicted molar refractivity (Wildman–Crippen MR) is 38.4 cm³/mol. The van der Waals surface area contributed by atoms with Crippen LogP contribution in [0.15, 0.2) is 12.7 Å². The topological polar surface area (TPSA) is 9.23 Å². The standard InChI is InChI=1S/C4H8OSSi/c1-2-3-4(6)5-7/h2H,1,3H2,7H3. The van der Waals surface area contributed by atoms with Crippen LogP contribution in [0, 0.1) is 0 Å². The van der Waals surface area contributed by atoms with Gasteiger partial charge in [0.25, 0.3) is 0 Å². The van der Waals surface area contributed by atoms with Crippen LogP contribution < -0.4 is 0 Å². The average Bonchev–Trinajstić information content (AvgIpc) is 1.68. The van der Waals surface area contributed by atoms with E-state index in [0.29, 0.717) is 22.0 Å². The Hall–Kier alpha value is -0.153. The van der Waals surface area contributed by atoms with Gasteiger partial charge in [0.2, 0.25) is 10.5 Å². The Morgan fingerprint density at radius 1 is 2.00 bits per heavy atom. The quantitative estimate of drug-likeness (QED) is 0.301. The Bertz CT molecular complexity index is 81.8. The summed E-state index contributed by atoms with van der Waals surface area (Å²) in [6, 6.07) is 0. The highest BCUT2D eigenvalue weighted by molar-refractivity contribution is 7.80. The van der Waals surface area contributed by atoms with E-state index in [0.717, 1.165) is 0 Å². The molecule has 0 aromatic carbocycles. The SMILES string of the molecule is C=CCC(=S)O[SiH3]. The third-order valence-corrected chi connectivity index (χ3v) is 1.66. The first-order valence-corrected chi connectivity index (χ1v) is 3.21. The third-order valence-electron chi connectivity index (χ3n) is 0.539. The minimum atomic E-state index is 0.654. The minimum absolute atomic E-state index is 0.654. The van der Waals surface area contributed by atoms with Crippen molar-refractivity contribution in [2.24, 2.45) is 0 Å². The van der Waals surface area contributed by atoms with Crippen LogP contribution in [0.2, 0.25) is 0 Å². The Kier molecular flexibility index (Phi) is 3.93. The summed E-state index contributed by atoms with van der Waals surface area (Å²) in [5.41, 5.74) is 0. The molecule has 0 N–H and O–H groups in total. The molecule has 0 heterocycles. The van der Waals surface area contributed by atoms with Gasteiger partial charge in [0.15, 0.2) is 0 Å². The zero-order chi connectivity index (χ0) is 5.70. The molecule has 0 unspecified atom stereocenters. The van der Waals surface area contributed by atoms with Crippen molar-refractivity contribution >= 4 is 27.8 Å². The van der Waals surface area contributed by atoms with E-state index in [1.165, 1.54) is 0 Å². The molecule has 0 fully saturated rings. The fraction of sp³-hybridized carbons (Fsp3) is 0.250. The van der Waals surface area contributed by atoms with Gasteiger partial charge < -0.3 is 4.43 Å². The van der Waals surface area contributed by atoms with Gasteiger partial charge in [-0.2, -0.15) is 0 Å². The molecular weight excluding hydrogens is 124 g/mol. The Balaban J connectivity index is 3.17. The molecule has 7 heavy (non-hydrogen) atoms. The van der Waals surface area contributed by atoms with Crippen molar-refractivity contribution in [3.63, 3.8) is 0 Å². The van der Waals surface area contributed by atoms with Crippen LogP contribution in [0.1, 0.15) is 6.42 Å². The van der Waals surface area contributed by atoms with Gasteiger partial charge in [0.1, 0.15) is 5.05 Å². The van der Waals surface area contributed by atoms with E-state index in [2.05, 4.69) is 6.58 Å². The zero-order valence-corrected chi connectivity index (χ0v) is 7.12.